The zero-order chi connectivity index (χ0) is 20.0. The number of likely N-dealkylation sites (N-methyl/N-ethyl adjacent to an activating group) is 1. The lowest BCUT2D eigenvalue weighted by Crippen LogP contribution is -2.37. The number of hydrogen-bond donors (Lipinski definition) is 2. The van der Waals surface area contributed by atoms with Crippen LogP contribution in [0.25, 0.3) is 0 Å². The average Bonchev–Trinajstić information content (AvgIpc) is 3.20. The number of nitrogens with one attached hydrogen (secondary N) is 2. The molecule has 1 aliphatic heterocycles. The van der Waals surface area contributed by atoms with Gasteiger partial charge in [0.15, 0.2) is 5.96 Å². The average molecular weight is 393 g/mol. The van der Waals surface area contributed by atoms with Crippen molar-refractivity contribution >= 4 is 5.96 Å². The highest BCUT2D eigenvalue weighted by molar-refractivity contribution is 5.79. The quantitative estimate of drug-likeness (QED) is 0.322. The molecule has 1 aromatic rings. The molecule has 1 aromatic carbocycles. The lowest BCUT2D eigenvalue weighted by atomic mass is 10.2. The van der Waals surface area contributed by atoms with E-state index in [1.54, 1.807) is 7.05 Å². The molecule has 1 atom stereocenters. The van der Waals surface area contributed by atoms with Crippen molar-refractivity contribution in [2.45, 2.75) is 31.9 Å². The molecule has 1 unspecified atom stereocenters. The topological polar surface area (TPSA) is 67.4 Å². The van der Waals surface area contributed by atoms with Gasteiger partial charge < -0.3 is 29.7 Å². The van der Waals surface area contributed by atoms with E-state index in [4.69, 9.17) is 14.2 Å². The summed E-state index contributed by atoms with van der Waals surface area (Å²) in [5.74, 6) is 1.69. The molecule has 1 saturated heterocycles. The minimum absolute atomic E-state index is 0.296. The van der Waals surface area contributed by atoms with Crippen molar-refractivity contribution in [3.63, 3.8) is 0 Å². The maximum Gasteiger partial charge on any atom is 0.191 e. The van der Waals surface area contributed by atoms with E-state index in [1.165, 1.54) is 0 Å². The normalized spacial score (nSPS) is 17.1. The monoisotopic (exact) mass is 392 g/mol. The Kier molecular flexibility index (Phi) is 10.7. The van der Waals surface area contributed by atoms with E-state index >= 15 is 0 Å². The first kappa shape index (κ1) is 22.5. The largest absolute Gasteiger partial charge is 0.492 e. The second-order valence-corrected chi connectivity index (χ2v) is 7.22. The minimum Gasteiger partial charge on any atom is -0.492 e. The van der Waals surface area contributed by atoms with Crippen molar-refractivity contribution in [1.82, 2.24) is 15.5 Å². The molecule has 1 fully saturated rings. The van der Waals surface area contributed by atoms with Gasteiger partial charge in [-0.1, -0.05) is 12.1 Å². The Balaban J connectivity index is 1.59. The summed E-state index contributed by atoms with van der Waals surface area (Å²) in [6.45, 7) is 5.41. The van der Waals surface area contributed by atoms with E-state index in [9.17, 15) is 0 Å². The van der Waals surface area contributed by atoms with Crippen molar-refractivity contribution in [2.75, 3.05) is 60.7 Å². The SMILES string of the molecule is CN=C(NCCCOCC1CCCO1)NCc1cccc(OCCN(C)C)c1. The Morgan fingerprint density at radius 1 is 1.29 bits per heavy atom. The number of benzene rings is 1. The highest BCUT2D eigenvalue weighted by Gasteiger charge is 2.14. The molecule has 0 amide bonds. The second-order valence-electron chi connectivity index (χ2n) is 7.22. The van der Waals surface area contributed by atoms with Crippen LogP contribution < -0.4 is 15.4 Å². The molecule has 28 heavy (non-hydrogen) atoms. The molecular formula is C21H36N4O3. The van der Waals surface area contributed by atoms with Gasteiger partial charge in [0.1, 0.15) is 12.4 Å². The molecule has 0 bridgehead atoms. The fraction of sp³-hybridized carbons (Fsp3) is 0.667. The number of hydrogen-bond acceptors (Lipinski definition) is 5. The molecule has 0 aromatic heterocycles. The van der Waals surface area contributed by atoms with Crippen molar-refractivity contribution in [3.05, 3.63) is 29.8 Å². The first-order valence-electron chi connectivity index (χ1n) is 10.2. The zero-order valence-electron chi connectivity index (χ0n) is 17.6. The summed E-state index contributed by atoms with van der Waals surface area (Å²) >= 11 is 0. The molecular weight excluding hydrogens is 356 g/mol. The Labute approximate surface area is 169 Å². The van der Waals surface area contributed by atoms with Crippen molar-refractivity contribution in [3.8, 4) is 5.75 Å². The van der Waals surface area contributed by atoms with Gasteiger partial charge in [-0.15, -0.1) is 0 Å². The van der Waals surface area contributed by atoms with E-state index < -0.39 is 0 Å². The van der Waals surface area contributed by atoms with Crippen molar-refractivity contribution < 1.29 is 14.2 Å². The van der Waals surface area contributed by atoms with Crippen LogP contribution in [0.4, 0.5) is 0 Å². The Bertz CT molecular complexity index is 575. The van der Waals surface area contributed by atoms with Crippen LogP contribution in [0.2, 0.25) is 0 Å². The third-order valence-corrected chi connectivity index (χ3v) is 4.47. The summed E-state index contributed by atoms with van der Waals surface area (Å²) in [6.07, 6.45) is 3.51. The van der Waals surface area contributed by atoms with Gasteiger partial charge in [-0.05, 0) is 51.1 Å². The first-order chi connectivity index (χ1) is 13.7. The maximum absolute atomic E-state index is 5.79. The van der Waals surface area contributed by atoms with Crippen molar-refractivity contribution in [2.24, 2.45) is 4.99 Å². The van der Waals surface area contributed by atoms with Gasteiger partial charge in [0.05, 0.1) is 12.7 Å². The van der Waals surface area contributed by atoms with Crippen LogP contribution in [0.5, 0.6) is 5.75 Å². The molecule has 1 aliphatic rings. The van der Waals surface area contributed by atoms with E-state index in [1.807, 2.05) is 26.2 Å². The van der Waals surface area contributed by atoms with Crippen LogP contribution in [0, 0.1) is 0 Å². The third kappa shape index (κ3) is 9.39. The number of rotatable bonds is 12. The van der Waals surface area contributed by atoms with Gasteiger partial charge in [0.25, 0.3) is 0 Å². The predicted octanol–water partition coefficient (Wildman–Crippen LogP) is 1.88. The number of aliphatic imine (C=N–C) groups is 1. The smallest absolute Gasteiger partial charge is 0.191 e. The summed E-state index contributed by atoms with van der Waals surface area (Å²) in [4.78, 5) is 6.38. The number of ether oxygens (including phenoxy) is 3. The summed E-state index contributed by atoms with van der Waals surface area (Å²) in [5, 5.41) is 6.66. The van der Waals surface area contributed by atoms with Gasteiger partial charge in [0, 0.05) is 39.9 Å². The molecule has 0 aliphatic carbocycles. The fourth-order valence-corrected chi connectivity index (χ4v) is 2.87. The number of guanidine groups is 1. The first-order valence-corrected chi connectivity index (χ1v) is 10.2. The summed E-state index contributed by atoms with van der Waals surface area (Å²) in [7, 11) is 5.86. The lowest BCUT2D eigenvalue weighted by Gasteiger charge is -2.14. The van der Waals surface area contributed by atoms with Crippen molar-refractivity contribution in [1.29, 1.82) is 0 Å². The molecule has 0 saturated carbocycles. The summed E-state index contributed by atoms with van der Waals surface area (Å²) < 4.78 is 17.0. The Morgan fingerprint density at radius 3 is 2.93 bits per heavy atom. The van der Waals surface area contributed by atoms with Gasteiger partial charge in [-0.3, -0.25) is 4.99 Å². The maximum atomic E-state index is 5.79. The molecule has 2 rings (SSSR count). The predicted molar refractivity (Wildman–Crippen MR) is 113 cm³/mol. The highest BCUT2D eigenvalue weighted by atomic mass is 16.5. The van der Waals surface area contributed by atoms with Gasteiger partial charge in [-0.25, -0.2) is 0 Å². The third-order valence-electron chi connectivity index (χ3n) is 4.47. The second kappa shape index (κ2) is 13.4. The zero-order valence-corrected chi connectivity index (χ0v) is 17.6. The highest BCUT2D eigenvalue weighted by Crippen LogP contribution is 2.13. The fourth-order valence-electron chi connectivity index (χ4n) is 2.87. The summed E-state index contributed by atoms with van der Waals surface area (Å²) in [5.41, 5.74) is 1.16. The molecule has 0 spiro atoms. The van der Waals surface area contributed by atoms with E-state index in [2.05, 4.69) is 32.7 Å². The van der Waals surface area contributed by atoms with E-state index in [0.29, 0.717) is 25.9 Å². The Morgan fingerprint density at radius 2 is 2.18 bits per heavy atom. The van der Waals surface area contributed by atoms with Crippen LogP contribution in [0.1, 0.15) is 24.8 Å². The van der Waals surface area contributed by atoms with Gasteiger partial charge >= 0.3 is 0 Å². The molecule has 1 heterocycles. The molecule has 0 radical (unpaired) electrons. The molecule has 158 valence electrons. The lowest BCUT2D eigenvalue weighted by molar-refractivity contribution is 0.0168. The van der Waals surface area contributed by atoms with Crippen LogP contribution in [-0.2, 0) is 16.0 Å². The molecule has 7 heteroatoms. The van der Waals surface area contributed by atoms with Gasteiger partial charge in [-0.2, -0.15) is 0 Å². The van der Waals surface area contributed by atoms with Crippen LogP contribution in [0.15, 0.2) is 29.3 Å². The summed E-state index contributed by atoms with van der Waals surface area (Å²) in [6, 6.07) is 8.15. The molecule has 2 N–H and O–H groups in total. The Hall–Kier alpha value is -1.83. The standard InChI is InChI=1S/C21H36N4O3/c1-22-21(23-10-6-12-26-17-20-9-5-13-27-20)24-16-18-7-4-8-19(15-18)28-14-11-25(2)3/h4,7-8,15,20H,5-6,9-14,16-17H2,1-3H3,(H2,22,23,24). The number of nitrogens with zero attached hydrogens (tertiary/aromatic N) is 2. The van der Waals surface area contributed by atoms with E-state index in [0.717, 1.165) is 62.8 Å². The molecule has 7 nitrogen and oxygen atoms in total. The van der Waals surface area contributed by atoms with E-state index in [-0.39, 0.29) is 0 Å². The van der Waals surface area contributed by atoms with Crippen LogP contribution >= 0.6 is 0 Å². The van der Waals surface area contributed by atoms with Crippen LogP contribution in [0.3, 0.4) is 0 Å². The minimum atomic E-state index is 0.296. The van der Waals surface area contributed by atoms with Crippen LogP contribution in [-0.4, -0.2) is 77.6 Å². The van der Waals surface area contributed by atoms with Gasteiger partial charge in [0.2, 0.25) is 0 Å².